The average Bonchev–Trinajstić information content (AvgIpc) is 2.62. The van der Waals surface area contributed by atoms with Crippen LogP contribution in [-0.4, -0.2) is 25.3 Å². The first kappa shape index (κ1) is 14.4. The molecule has 2 N–H and O–H groups in total. The van der Waals surface area contributed by atoms with Gasteiger partial charge in [0.1, 0.15) is 11.5 Å². The molecule has 0 fully saturated rings. The number of halogens is 1. The molecule has 110 valence electrons. The van der Waals surface area contributed by atoms with Gasteiger partial charge in [0.2, 0.25) is 0 Å². The quantitative estimate of drug-likeness (QED) is 0.911. The van der Waals surface area contributed by atoms with Gasteiger partial charge in [-0.25, -0.2) is 0 Å². The molecular weight excluding hydrogens is 286 g/mol. The molecule has 2 atom stereocenters. The molecule has 0 saturated heterocycles. The van der Waals surface area contributed by atoms with Crippen molar-refractivity contribution in [2.24, 2.45) is 0 Å². The van der Waals surface area contributed by atoms with Crippen LogP contribution in [0.1, 0.15) is 23.0 Å². The molecule has 2 unspecified atom stereocenters. The summed E-state index contributed by atoms with van der Waals surface area (Å²) in [5.41, 5.74) is 2.07. The molecule has 0 saturated carbocycles. The predicted molar refractivity (Wildman–Crippen MR) is 84.5 cm³/mol. The summed E-state index contributed by atoms with van der Waals surface area (Å²) in [6.07, 6.45) is 0. The van der Waals surface area contributed by atoms with Gasteiger partial charge in [0.15, 0.2) is 0 Å². The Balaban J connectivity index is 2.19. The summed E-state index contributed by atoms with van der Waals surface area (Å²) in [5, 5.41) is 13.8. The van der Waals surface area contributed by atoms with E-state index in [1.807, 2.05) is 49.5 Å². The summed E-state index contributed by atoms with van der Waals surface area (Å²) >= 11 is 6.16. The van der Waals surface area contributed by atoms with Gasteiger partial charge in [0.25, 0.3) is 0 Å². The van der Waals surface area contributed by atoms with Crippen molar-refractivity contribution in [2.75, 3.05) is 20.2 Å². The molecule has 21 heavy (non-hydrogen) atoms. The standard InChI is InChI=1S/C17H18ClNO2/c1-19-9-14-13-8-11(18)6-7-17(13)21-16-5-3-2-4-12(16)15(14)10-20/h2-8,14-15,19-20H,9-10H2,1H3. The van der Waals surface area contributed by atoms with Crippen LogP contribution in [-0.2, 0) is 0 Å². The normalized spacial score (nSPS) is 20.1. The van der Waals surface area contributed by atoms with Gasteiger partial charge in [-0.3, -0.25) is 0 Å². The monoisotopic (exact) mass is 303 g/mol. The maximum Gasteiger partial charge on any atom is 0.131 e. The van der Waals surface area contributed by atoms with E-state index in [4.69, 9.17) is 16.3 Å². The Morgan fingerprint density at radius 2 is 1.86 bits per heavy atom. The number of hydrogen-bond donors (Lipinski definition) is 2. The minimum Gasteiger partial charge on any atom is -0.457 e. The molecule has 2 aromatic rings. The van der Waals surface area contributed by atoms with Crippen molar-refractivity contribution >= 4 is 11.6 Å². The molecular formula is C17H18ClNO2. The first-order valence-corrected chi connectivity index (χ1v) is 7.44. The minimum absolute atomic E-state index is 0.0200. The summed E-state index contributed by atoms with van der Waals surface area (Å²) < 4.78 is 6.07. The molecule has 0 bridgehead atoms. The van der Waals surface area contributed by atoms with Crippen molar-refractivity contribution in [3.63, 3.8) is 0 Å². The van der Waals surface area contributed by atoms with E-state index in [9.17, 15) is 5.11 Å². The average molecular weight is 304 g/mol. The van der Waals surface area contributed by atoms with Crippen LogP contribution in [0.4, 0.5) is 0 Å². The van der Waals surface area contributed by atoms with Gasteiger partial charge in [0.05, 0.1) is 6.61 Å². The number of aliphatic hydroxyl groups is 1. The number of rotatable bonds is 3. The van der Waals surface area contributed by atoms with Crippen LogP contribution in [0.2, 0.25) is 5.02 Å². The maximum absolute atomic E-state index is 9.94. The lowest BCUT2D eigenvalue weighted by atomic mass is 9.82. The number of hydrogen-bond acceptors (Lipinski definition) is 3. The Morgan fingerprint density at radius 1 is 1.10 bits per heavy atom. The zero-order valence-electron chi connectivity index (χ0n) is 11.8. The Hall–Kier alpha value is -1.55. The number of para-hydroxylation sites is 1. The number of benzene rings is 2. The van der Waals surface area contributed by atoms with Gasteiger partial charge in [-0.05, 0) is 31.3 Å². The first-order chi connectivity index (χ1) is 10.2. The Kier molecular flexibility index (Phi) is 4.15. The number of ether oxygens (including phenoxy) is 1. The number of aliphatic hydroxyl groups excluding tert-OH is 1. The zero-order chi connectivity index (χ0) is 14.8. The van der Waals surface area contributed by atoms with E-state index < -0.39 is 0 Å². The fourth-order valence-electron chi connectivity index (χ4n) is 3.03. The van der Waals surface area contributed by atoms with Gasteiger partial charge >= 0.3 is 0 Å². The first-order valence-electron chi connectivity index (χ1n) is 7.06. The molecule has 4 heteroatoms. The predicted octanol–water partition coefficient (Wildman–Crippen LogP) is 3.52. The van der Waals surface area contributed by atoms with E-state index in [0.29, 0.717) is 5.02 Å². The van der Waals surface area contributed by atoms with E-state index in [-0.39, 0.29) is 18.4 Å². The molecule has 0 radical (unpaired) electrons. The second-order valence-electron chi connectivity index (χ2n) is 5.28. The summed E-state index contributed by atoms with van der Waals surface area (Å²) in [5.74, 6) is 1.70. The molecule has 3 nitrogen and oxygen atoms in total. The third-order valence-electron chi connectivity index (χ3n) is 4.02. The molecule has 0 spiro atoms. The lowest BCUT2D eigenvalue weighted by molar-refractivity contribution is 0.246. The Morgan fingerprint density at radius 3 is 2.62 bits per heavy atom. The van der Waals surface area contributed by atoms with E-state index in [0.717, 1.165) is 29.2 Å². The second kappa shape index (κ2) is 6.06. The second-order valence-corrected chi connectivity index (χ2v) is 5.71. The molecule has 0 aromatic heterocycles. The summed E-state index contributed by atoms with van der Waals surface area (Å²) in [6, 6.07) is 13.6. The summed E-state index contributed by atoms with van der Waals surface area (Å²) in [4.78, 5) is 0. The van der Waals surface area contributed by atoms with Crippen molar-refractivity contribution in [3.05, 3.63) is 58.6 Å². The highest BCUT2D eigenvalue weighted by Gasteiger charge is 2.31. The van der Waals surface area contributed by atoms with Crippen molar-refractivity contribution in [1.82, 2.24) is 5.32 Å². The molecule has 2 aromatic carbocycles. The van der Waals surface area contributed by atoms with Crippen LogP contribution < -0.4 is 10.1 Å². The topological polar surface area (TPSA) is 41.5 Å². The van der Waals surface area contributed by atoms with Gasteiger partial charge < -0.3 is 15.2 Å². The molecule has 0 aliphatic carbocycles. The van der Waals surface area contributed by atoms with E-state index in [1.165, 1.54) is 0 Å². The van der Waals surface area contributed by atoms with Crippen molar-refractivity contribution < 1.29 is 9.84 Å². The Bertz CT molecular complexity index is 644. The van der Waals surface area contributed by atoms with Crippen LogP contribution in [0.3, 0.4) is 0 Å². The number of fused-ring (bicyclic) bond motifs is 2. The SMILES string of the molecule is CNCC1c2cc(Cl)ccc2Oc2ccccc2C1CO. The fourth-order valence-corrected chi connectivity index (χ4v) is 3.21. The highest BCUT2D eigenvalue weighted by Crippen LogP contribution is 2.46. The molecule has 3 rings (SSSR count). The number of likely N-dealkylation sites (N-methyl/N-ethyl adjacent to an activating group) is 1. The van der Waals surface area contributed by atoms with Gasteiger partial charge in [-0.15, -0.1) is 0 Å². The summed E-state index contributed by atoms with van der Waals surface area (Å²) in [7, 11) is 1.91. The third kappa shape index (κ3) is 2.64. The van der Waals surface area contributed by atoms with E-state index >= 15 is 0 Å². The van der Waals surface area contributed by atoms with E-state index in [1.54, 1.807) is 0 Å². The molecule has 0 amide bonds. The van der Waals surface area contributed by atoms with Gasteiger partial charge in [0, 0.05) is 34.5 Å². The highest BCUT2D eigenvalue weighted by molar-refractivity contribution is 6.30. The lowest BCUT2D eigenvalue weighted by Crippen LogP contribution is -2.24. The molecule has 1 heterocycles. The molecule has 1 aliphatic heterocycles. The van der Waals surface area contributed by atoms with Gasteiger partial charge in [-0.1, -0.05) is 29.8 Å². The zero-order valence-corrected chi connectivity index (χ0v) is 12.6. The van der Waals surface area contributed by atoms with Crippen molar-refractivity contribution in [2.45, 2.75) is 11.8 Å². The third-order valence-corrected chi connectivity index (χ3v) is 4.25. The largest absolute Gasteiger partial charge is 0.457 e. The smallest absolute Gasteiger partial charge is 0.131 e. The summed E-state index contributed by atoms with van der Waals surface area (Å²) in [6.45, 7) is 0.814. The van der Waals surface area contributed by atoms with Crippen molar-refractivity contribution in [3.8, 4) is 11.5 Å². The Labute approximate surface area is 129 Å². The highest BCUT2D eigenvalue weighted by atomic mass is 35.5. The van der Waals surface area contributed by atoms with Crippen molar-refractivity contribution in [1.29, 1.82) is 0 Å². The van der Waals surface area contributed by atoms with E-state index in [2.05, 4.69) is 5.32 Å². The van der Waals surface area contributed by atoms with Crippen LogP contribution in [0.25, 0.3) is 0 Å². The van der Waals surface area contributed by atoms with Crippen LogP contribution in [0.15, 0.2) is 42.5 Å². The lowest BCUT2D eigenvalue weighted by Gasteiger charge is -2.25. The number of nitrogens with one attached hydrogen (secondary N) is 1. The van der Waals surface area contributed by atoms with Gasteiger partial charge in [-0.2, -0.15) is 0 Å². The van der Waals surface area contributed by atoms with Crippen LogP contribution in [0, 0.1) is 0 Å². The van der Waals surface area contributed by atoms with Crippen LogP contribution in [0.5, 0.6) is 11.5 Å². The minimum atomic E-state index is -0.0200. The van der Waals surface area contributed by atoms with Crippen LogP contribution >= 0.6 is 11.6 Å². The maximum atomic E-state index is 9.94. The molecule has 1 aliphatic rings. The fraction of sp³-hybridized carbons (Fsp3) is 0.294.